The maximum atomic E-state index is 13.1. The Morgan fingerprint density at radius 1 is 1.06 bits per heavy atom. The number of halogens is 1. The van der Waals surface area contributed by atoms with Crippen molar-refractivity contribution >= 4 is 11.8 Å². The molecule has 31 heavy (non-hydrogen) atoms. The molecule has 1 aliphatic heterocycles. The lowest BCUT2D eigenvalue weighted by molar-refractivity contribution is -0.126. The molecule has 160 valence electrons. The predicted octanol–water partition coefficient (Wildman–Crippen LogP) is 3.24. The van der Waals surface area contributed by atoms with Crippen molar-refractivity contribution in [3.05, 3.63) is 89.5 Å². The fraction of sp³-hybridized carbons (Fsp3) is 0.292. The number of hydrogen-bond donors (Lipinski definition) is 1. The Kier molecular flexibility index (Phi) is 6.40. The molecule has 2 amide bonds. The summed E-state index contributed by atoms with van der Waals surface area (Å²) in [5, 5.41) is 7.29. The molecule has 0 saturated carbocycles. The van der Waals surface area contributed by atoms with Gasteiger partial charge < -0.3 is 10.2 Å². The minimum Gasteiger partial charge on any atom is -0.352 e. The summed E-state index contributed by atoms with van der Waals surface area (Å²) < 4.78 is 15.0. The molecule has 0 bridgehead atoms. The van der Waals surface area contributed by atoms with Crippen molar-refractivity contribution in [1.29, 1.82) is 0 Å². The third kappa shape index (κ3) is 5.17. The zero-order chi connectivity index (χ0) is 21.6. The quantitative estimate of drug-likeness (QED) is 0.666. The van der Waals surface area contributed by atoms with Crippen molar-refractivity contribution in [1.82, 2.24) is 20.0 Å². The van der Waals surface area contributed by atoms with Gasteiger partial charge in [0.1, 0.15) is 5.82 Å². The van der Waals surface area contributed by atoms with Crippen LogP contribution >= 0.6 is 0 Å². The molecule has 1 saturated heterocycles. The van der Waals surface area contributed by atoms with E-state index in [4.69, 9.17) is 0 Å². The van der Waals surface area contributed by atoms with Gasteiger partial charge in [-0.25, -0.2) is 4.39 Å². The third-order valence-corrected chi connectivity index (χ3v) is 5.63. The van der Waals surface area contributed by atoms with Crippen molar-refractivity contribution < 1.29 is 14.0 Å². The van der Waals surface area contributed by atoms with Crippen molar-refractivity contribution in [3.8, 4) is 0 Å². The molecule has 1 aromatic heterocycles. The highest BCUT2D eigenvalue weighted by molar-refractivity contribution is 5.94. The van der Waals surface area contributed by atoms with Crippen molar-refractivity contribution in [3.63, 3.8) is 0 Å². The number of nitrogens with zero attached hydrogens (tertiary/aromatic N) is 3. The van der Waals surface area contributed by atoms with E-state index in [2.05, 4.69) is 10.4 Å². The van der Waals surface area contributed by atoms with Crippen LogP contribution in [-0.4, -0.2) is 39.6 Å². The van der Waals surface area contributed by atoms with Crippen LogP contribution in [0.2, 0.25) is 0 Å². The van der Waals surface area contributed by atoms with Crippen molar-refractivity contribution in [2.24, 2.45) is 5.92 Å². The van der Waals surface area contributed by atoms with Crippen LogP contribution in [0, 0.1) is 11.7 Å². The second-order valence-electron chi connectivity index (χ2n) is 7.79. The first-order chi connectivity index (χ1) is 15.1. The van der Waals surface area contributed by atoms with Crippen LogP contribution in [0.5, 0.6) is 0 Å². The van der Waals surface area contributed by atoms with E-state index in [0.717, 1.165) is 24.0 Å². The lowest BCUT2D eigenvalue weighted by Gasteiger charge is -2.32. The molecule has 4 rings (SSSR count). The van der Waals surface area contributed by atoms with E-state index >= 15 is 0 Å². The van der Waals surface area contributed by atoms with Gasteiger partial charge >= 0.3 is 0 Å². The molecule has 1 N–H and O–H groups in total. The Balaban J connectivity index is 1.36. The van der Waals surface area contributed by atoms with Gasteiger partial charge in [-0.15, -0.1) is 0 Å². The van der Waals surface area contributed by atoms with E-state index < -0.39 is 0 Å². The summed E-state index contributed by atoms with van der Waals surface area (Å²) in [5.74, 6) is -0.843. The van der Waals surface area contributed by atoms with Gasteiger partial charge in [0.25, 0.3) is 5.91 Å². The first-order valence-corrected chi connectivity index (χ1v) is 10.5. The number of hydrogen-bond acceptors (Lipinski definition) is 3. The minimum atomic E-state index is -0.375. The van der Waals surface area contributed by atoms with E-state index in [9.17, 15) is 14.0 Å². The van der Waals surface area contributed by atoms with Gasteiger partial charge in [-0.3, -0.25) is 14.3 Å². The van der Waals surface area contributed by atoms with E-state index in [-0.39, 0.29) is 23.5 Å². The normalized spacial score (nSPS) is 16.2. The van der Waals surface area contributed by atoms with E-state index in [1.54, 1.807) is 11.1 Å². The lowest BCUT2D eigenvalue weighted by atomic mass is 9.96. The average molecular weight is 420 g/mol. The molecule has 0 radical (unpaired) electrons. The van der Waals surface area contributed by atoms with Gasteiger partial charge in [0, 0.05) is 37.6 Å². The number of rotatable bonds is 6. The summed E-state index contributed by atoms with van der Waals surface area (Å²) in [6.45, 7) is 2.05. The smallest absolute Gasteiger partial charge is 0.253 e. The third-order valence-electron chi connectivity index (χ3n) is 5.63. The van der Waals surface area contributed by atoms with Crippen LogP contribution < -0.4 is 5.32 Å². The first kappa shape index (κ1) is 20.8. The average Bonchev–Trinajstić information content (AvgIpc) is 3.31. The highest BCUT2D eigenvalue weighted by Crippen LogP contribution is 2.20. The Bertz CT molecular complexity index is 1030. The SMILES string of the molecule is O=C(NCc1ccccc1Cn1cccn1)C1CCCN(C(=O)c2ccc(F)cc2)C1. The highest BCUT2D eigenvalue weighted by atomic mass is 19.1. The Labute approximate surface area is 180 Å². The molecular weight excluding hydrogens is 395 g/mol. The summed E-state index contributed by atoms with van der Waals surface area (Å²) in [6, 6.07) is 15.4. The van der Waals surface area contributed by atoms with Gasteiger partial charge in [-0.1, -0.05) is 24.3 Å². The van der Waals surface area contributed by atoms with Gasteiger partial charge in [0.2, 0.25) is 5.91 Å². The Hall–Kier alpha value is -3.48. The van der Waals surface area contributed by atoms with Gasteiger partial charge in [0.05, 0.1) is 12.5 Å². The number of benzene rings is 2. The second-order valence-corrected chi connectivity index (χ2v) is 7.79. The largest absolute Gasteiger partial charge is 0.352 e. The number of aromatic nitrogens is 2. The van der Waals surface area contributed by atoms with Crippen molar-refractivity contribution in [2.75, 3.05) is 13.1 Å². The number of piperidine rings is 1. The van der Waals surface area contributed by atoms with Crippen LogP contribution in [0.4, 0.5) is 4.39 Å². The number of carbonyl (C=O) groups excluding carboxylic acids is 2. The second kappa shape index (κ2) is 9.55. The number of carbonyl (C=O) groups is 2. The molecule has 2 heterocycles. The summed E-state index contributed by atoms with van der Waals surface area (Å²) >= 11 is 0. The van der Waals surface area contributed by atoms with Crippen LogP contribution in [-0.2, 0) is 17.9 Å². The zero-order valence-corrected chi connectivity index (χ0v) is 17.2. The lowest BCUT2D eigenvalue weighted by Crippen LogP contribution is -2.45. The molecule has 1 unspecified atom stereocenters. The summed E-state index contributed by atoms with van der Waals surface area (Å²) in [7, 11) is 0. The molecule has 1 aliphatic rings. The highest BCUT2D eigenvalue weighted by Gasteiger charge is 2.28. The Morgan fingerprint density at radius 2 is 1.84 bits per heavy atom. The Morgan fingerprint density at radius 3 is 2.58 bits per heavy atom. The summed E-state index contributed by atoms with van der Waals surface area (Å²) in [4.78, 5) is 27.2. The number of amides is 2. The molecule has 0 aliphatic carbocycles. The fourth-order valence-electron chi connectivity index (χ4n) is 3.93. The van der Waals surface area contributed by atoms with Crippen LogP contribution in [0.1, 0.15) is 34.3 Å². The first-order valence-electron chi connectivity index (χ1n) is 10.5. The van der Waals surface area contributed by atoms with E-state index in [1.807, 2.05) is 41.2 Å². The van der Waals surface area contributed by atoms with Crippen LogP contribution in [0.25, 0.3) is 0 Å². The maximum Gasteiger partial charge on any atom is 0.253 e. The molecule has 2 aromatic carbocycles. The van der Waals surface area contributed by atoms with E-state index in [0.29, 0.717) is 31.7 Å². The van der Waals surface area contributed by atoms with Crippen LogP contribution in [0.15, 0.2) is 67.0 Å². The number of nitrogens with one attached hydrogen (secondary N) is 1. The molecular formula is C24H25FN4O2. The molecule has 7 heteroatoms. The van der Waals surface area contributed by atoms with Gasteiger partial charge in [0.15, 0.2) is 0 Å². The molecule has 6 nitrogen and oxygen atoms in total. The van der Waals surface area contributed by atoms with Crippen LogP contribution in [0.3, 0.4) is 0 Å². The van der Waals surface area contributed by atoms with Gasteiger partial charge in [-0.2, -0.15) is 5.10 Å². The monoisotopic (exact) mass is 420 g/mol. The standard InChI is InChI=1S/C24H25FN4O2/c25-22-10-8-18(9-11-22)24(31)28-13-3-7-21(16-28)23(30)26-15-19-5-1-2-6-20(19)17-29-14-4-12-27-29/h1-2,4-6,8-12,14,21H,3,7,13,15-17H2,(H,26,30). The predicted molar refractivity (Wildman–Crippen MR) is 115 cm³/mol. The van der Waals surface area contributed by atoms with E-state index in [1.165, 1.54) is 24.3 Å². The van der Waals surface area contributed by atoms with Crippen molar-refractivity contribution in [2.45, 2.75) is 25.9 Å². The summed E-state index contributed by atoms with van der Waals surface area (Å²) in [6.07, 6.45) is 5.16. The molecule has 1 atom stereocenters. The molecule has 1 fully saturated rings. The zero-order valence-electron chi connectivity index (χ0n) is 17.2. The topological polar surface area (TPSA) is 67.2 Å². The molecule has 0 spiro atoms. The van der Waals surface area contributed by atoms with Gasteiger partial charge in [-0.05, 0) is 54.3 Å². The summed E-state index contributed by atoms with van der Waals surface area (Å²) in [5.41, 5.74) is 2.58. The maximum absolute atomic E-state index is 13.1. The number of likely N-dealkylation sites (tertiary alicyclic amines) is 1. The fourth-order valence-corrected chi connectivity index (χ4v) is 3.93. The minimum absolute atomic E-state index is 0.0505. The molecule has 3 aromatic rings.